The van der Waals surface area contributed by atoms with Crippen molar-refractivity contribution in [2.45, 2.75) is 51.6 Å². The van der Waals surface area contributed by atoms with E-state index in [0.29, 0.717) is 23.7 Å². The van der Waals surface area contributed by atoms with Gasteiger partial charge in [0.05, 0.1) is 6.07 Å². The molecular weight excluding hydrogens is 226 g/mol. The summed E-state index contributed by atoms with van der Waals surface area (Å²) < 4.78 is 5.66. The lowest BCUT2D eigenvalue weighted by Gasteiger charge is -2.29. The summed E-state index contributed by atoms with van der Waals surface area (Å²) in [6.45, 7) is 3.63. The summed E-state index contributed by atoms with van der Waals surface area (Å²) >= 11 is 0. The molecule has 98 valence electrons. The Morgan fingerprint density at radius 2 is 2.06 bits per heavy atom. The van der Waals surface area contributed by atoms with Crippen molar-refractivity contribution in [3.63, 3.8) is 0 Å². The first-order chi connectivity index (χ1) is 8.58. The highest BCUT2D eigenvalue weighted by Gasteiger charge is 2.60. The Balaban J connectivity index is 1.80. The molecule has 0 N–H and O–H groups in total. The van der Waals surface area contributed by atoms with E-state index in [2.05, 4.69) is 13.0 Å². The molecule has 3 fully saturated rings. The Hall–Kier alpha value is -1.04. The van der Waals surface area contributed by atoms with Crippen molar-refractivity contribution in [1.29, 1.82) is 5.26 Å². The second-order valence-corrected chi connectivity index (χ2v) is 6.50. The lowest BCUT2D eigenvalue weighted by molar-refractivity contribution is -0.157. The van der Waals surface area contributed by atoms with Crippen LogP contribution in [0.4, 0.5) is 0 Å². The van der Waals surface area contributed by atoms with Crippen LogP contribution in [-0.2, 0) is 9.53 Å². The second-order valence-electron chi connectivity index (χ2n) is 6.50. The highest BCUT2D eigenvalue weighted by atomic mass is 16.6. The fraction of sp³-hybridized carbons (Fsp3) is 0.867. The normalized spacial score (nSPS) is 48.8. The van der Waals surface area contributed by atoms with E-state index in [4.69, 9.17) is 4.74 Å². The predicted octanol–water partition coefficient (Wildman–Crippen LogP) is 2.90. The molecule has 3 heteroatoms. The number of fused-ring (bicyclic) bond motifs is 5. The Bertz CT molecular complexity index is 413. The Kier molecular flexibility index (Phi) is 2.66. The molecule has 0 aromatic rings. The van der Waals surface area contributed by atoms with E-state index in [0.717, 1.165) is 25.7 Å². The van der Waals surface area contributed by atoms with Gasteiger partial charge in [0, 0.05) is 12.8 Å². The van der Waals surface area contributed by atoms with Gasteiger partial charge in [-0.25, -0.2) is 0 Å². The maximum absolute atomic E-state index is 11.3. The van der Waals surface area contributed by atoms with Crippen molar-refractivity contribution in [3.05, 3.63) is 0 Å². The molecule has 0 aliphatic heterocycles. The third-order valence-corrected chi connectivity index (χ3v) is 5.74. The summed E-state index contributed by atoms with van der Waals surface area (Å²) in [6.07, 6.45) is 5.27. The largest absolute Gasteiger partial charge is 0.459 e. The molecule has 0 radical (unpaired) electrons. The quantitative estimate of drug-likeness (QED) is 0.705. The van der Waals surface area contributed by atoms with Crippen LogP contribution in [-0.4, -0.2) is 11.6 Å². The van der Waals surface area contributed by atoms with Crippen LogP contribution < -0.4 is 0 Å². The number of carbonyl (C=O) groups is 1. The number of nitrogens with zero attached hydrogens (tertiary/aromatic N) is 1. The molecule has 3 nitrogen and oxygen atoms in total. The molecule has 3 aliphatic rings. The molecule has 6 unspecified atom stereocenters. The van der Waals surface area contributed by atoms with Gasteiger partial charge in [0.2, 0.25) is 0 Å². The van der Waals surface area contributed by atoms with E-state index >= 15 is 0 Å². The number of hydrogen-bond donors (Lipinski definition) is 0. The second kappa shape index (κ2) is 3.98. The molecule has 3 aliphatic carbocycles. The molecule has 0 heterocycles. The molecule has 3 rings (SSSR count). The predicted molar refractivity (Wildman–Crippen MR) is 66.3 cm³/mol. The van der Waals surface area contributed by atoms with Crippen LogP contribution in [0, 0.1) is 40.9 Å². The van der Waals surface area contributed by atoms with Crippen LogP contribution in [0.15, 0.2) is 0 Å². The Morgan fingerprint density at radius 3 is 2.67 bits per heavy atom. The maximum Gasteiger partial charge on any atom is 0.303 e. The number of ether oxygens (including phenoxy) is 1. The standard InChI is InChI=1S/C15H21NO2/c1-3-15(18-9(2)17)6-13-10-4-11(8-16)12(5-10)14(13)7-15/h10-14H,3-7H2,1-2H3. The van der Waals surface area contributed by atoms with E-state index in [1.807, 2.05) is 0 Å². The molecule has 0 aromatic heterocycles. The van der Waals surface area contributed by atoms with Crippen molar-refractivity contribution in [2.24, 2.45) is 29.6 Å². The number of nitriles is 1. The highest BCUT2D eigenvalue weighted by Crippen LogP contribution is 2.63. The first-order valence-electron chi connectivity index (χ1n) is 7.18. The van der Waals surface area contributed by atoms with Gasteiger partial charge in [0.1, 0.15) is 5.60 Å². The van der Waals surface area contributed by atoms with E-state index in [-0.39, 0.29) is 17.5 Å². The van der Waals surface area contributed by atoms with Crippen LogP contribution in [0.25, 0.3) is 0 Å². The van der Waals surface area contributed by atoms with Crippen LogP contribution in [0.2, 0.25) is 0 Å². The summed E-state index contributed by atoms with van der Waals surface area (Å²) in [6, 6.07) is 2.49. The molecule has 3 saturated carbocycles. The van der Waals surface area contributed by atoms with Crippen LogP contribution in [0.1, 0.15) is 46.0 Å². The Labute approximate surface area is 108 Å². The monoisotopic (exact) mass is 247 g/mol. The van der Waals surface area contributed by atoms with Crippen molar-refractivity contribution in [2.75, 3.05) is 0 Å². The van der Waals surface area contributed by atoms with Crippen LogP contribution in [0.3, 0.4) is 0 Å². The van der Waals surface area contributed by atoms with Crippen molar-refractivity contribution >= 4 is 5.97 Å². The molecular formula is C15H21NO2. The molecule has 6 atom stereocenters. The number of esters is 1. The minimum Gasteiger partial charge on any atom is -0.459 e. The lowest BCUT2D eigenvalue weighted by atomic mass is 9.76. The zero-order valence-electron chi connectivity index (χ0n) is 11.2. The van der Waals surface area contributed by atoms with Gasteiger partial charge in [0.25, 0.3) is 0 Å². The van der Waals surface area contributed by atoms with E-state index in [1.165, 1.54) is 13.3 Å². The average molecular weight is 247 g/mol. The van der Waals surface area contributed by atoms with E-state index in [9.17, 15) is 10.1 Å². The summed E-state index contributed by atoms with van der Waals surface area (Å²) in [7, 11) is 0. The van der Waals surface area contributed by atoms with Gasteiger partial charge in [-0.2, -0.15) is 5.26 Å². The minimum absolute atomic E-state index is 0.152. The number of rotatable bonds is 2. The minimum atomic E-state index is -0.220. The average Bonchev–Trinajstić information content (AvgIpc) is 2.96. The molecule has 2 bridgehead atoms. The Morgan fingerprint density at radius 1 is 1.33 bits per heavy atom. The van der Waals surface area contributed by atoms with Gasteiger partial charge in [-0.3, -0.25) is 4.79 Å². The SMILES string of the molecule is CCC1(OC(C)=O)CC2C3CC(C#N)C(C3)C2C1. The summed E-state index contributed by atoms with van der Waals surface area (Å²) in [5, 5.41) is 9.21. The van der Waals surface area contributed by atoms with Crippen molar-refractivity contribution in [3.8, 4) is 6.07 Å². The van der Waals surface area contributed by atoms with Gasteiger partial charge in [0.15, 0.2) is 0 Å². The summed E-state index contributed by atoms with van der Waals surface area (Å²) in [5.41, 5.74) is -0.220. The van der Waals surface area contributed by atoms with Gasteiger partial charge in [-0.1, -0.05) is 6.92 Å². The van der Waals surface area contributed by atoms with Crippen molar-refractivity contribution < 1.29 is 9.53 Å². The zero-order valence-corrected chi connectivity index (χ0v) is 11.2. The summed E-state index contributed by atoms with van der Waals surface area (Å²) in [5.74, 6) is 2.75. The fourth-order valence-electron chi connectivity index (χ4n) is 5.06. The first kappa shape index (κ1) is 12.0. The molecule has 0 amide bonds. The molecule has 0 saturated heterocycles. The topological polar surface area (TPSA) is 50.1 Å². The highest BCUT2D eigenvalue weighted by molar-refractivity contribution is 5.66. The maximum atomic E-state index is 11.3. The first-order valence-corrected chi connectivity index (χ1v) is 7.18. The van der Waals surface area contributed by atoms with E-state index < -0.39 is 0 Å². The smallest absolute Gasteiger partial charge is 0.303 e. The third kappa shape index (κ3) is 1.58. The third-order valence-electron chi connectivity index (χ3n) is 5.74. The van der Waals surface area contributed by atoms with Gasteiger partial charge in [-0.15, -0.1) is 0 Å². The van der Waals surface area contributed by atoms with Crippen LogP contribution >= 0.6 is 0 Å². The number of hydrogen-bond acceptors (Lipinski definition) is 3. The molecule has 0 spiro atoms. The van der Waals surface area contributed by atoms with Gasteiger partial charge >= 0.3 is 5.97 Å². The van der Waals surface area contributed by atoms with E-state index in [1.54, 1.807) is 0 Å². The van der Waals surface area contributed by atoms with Gasteiger partial charge < -0.3 is 4.74 Å². The summed E-state index contributed by atoms with van der Waals surface area (Å²) in [4.78, 5) is 11.3. The van der Waals surface area contributed by atoms with Gasteiger partial charge in [-0.05, 0) is 55.8 Å². The lowest BCUT2D eigenvalue weighted by Crippen LogP contribution is -2.32. The molecule has 18 heavy (non-hydrogen) atoms. The number of carbonyl (C=O) groups excluding carboxylic acids is 1. The fourth-order valence-corrected chi connectivity index (χ4v) is 5.06. The molecule has 0 aromatic carbocycles. The zero-order chi connectivity index (χ0) is 12.9. The van der Waals surface area contributed by atoms with Crippen LogP contribution in [0.5, 0.6) is 0 Å². The van der Waals surface area contributed by atoms with Crippen molar-refractivity contribution in [1.82, 2.24) is 0 Å².